The van der Waals surface area contributed by atoms with E-state index in [1.807, 2.05) is 0 Å². The van der Waals surface area contributed by atoms with E-state index < -0.39 is 31.2 Å². The average molecular weight is 559 g/mol. The molecule has 0 aliphatic heterocycles. The van der Waals surface area contributed by atoms with Crippen LogP contribution in [-0.4, -0.2) is 38.9 Å². The van der Waals surface area contributed by atoms with Crippen molar-refractivity contribution in [2.24, 2.45) is 0 Å². The minimum Gasteiger partial charge on any atom is -0.303 e. The molecule has 202 valence electrons. The van der Waals surface area contributed by atoms with Crippen LogP contribution in [0.2, 0.25) is 0 Å². The molecule has 0 aliphatic rings. The first-order valence-corrected chi connectivity index (χ1v) is 13.4. The lowest BCUT2D eigenvalue weighted by Gasteiger charge is -2.18. The summed E-state index contributed by atoms with van der Waals surface area (Å²) in [6.07, 6.45) is 4.47. The van der Waals surface area contributed by atoms with Crippen molar-refractivity contribution in [1.82, 2.24) is 29.1 Å². The van der Waals surface area contributed by atoms with Crippen LogP contribution in [0.4, 0.5) is 0 Å². The molecule has 0 bridgehead atoms. The second-order valence-corrected chi connectivity index (χ2v) is 10.7. The van der Waals surface area contributed by atoms with Crippen LogP contribution >= 0.6 is 7.82 Å². The van der Waals surface area contributed by atoms with E-state index in [1.54, 1.807) is 69.6 Å². The number of phosphoric acid groups is 1. The van der Waals surface area contributed by atoms with Gasteiger partial charge in [0.05, 0.1) is 39.3 Å². The van der Waals surface area contributed by atoms with Crippen LogP contribution in [0.3, 0.4) is 0 Å². The summed E-state index contributed by atoms with van der Waals surface area (Å²) in [5.41, 5.74) is 0.253. The second-order valence-electron chi connectivity index (χ2n) is 9.49. The van der Waals surface area contributed by atoms with Gasteiger partial charge in [0.25, 0.3) is 5.56 Å². The average Bonchev–Trinajstić information content (AvgIpc) is 2.92. The lowest BCUT2D eigenvalue weighted by molar-refractivity contribution is 0.148. The van der Waals surface area contributed by atoms with Crippen LogP contribution in [0.5, 0.6) is 0 Å². The minimum absolute atomic E-state index is 0.0346. The Morgan fingerprint density at radius 2 is 1.70 bits per heavy atom. The number of phosphoric ester groups is 1. The zero-order chi connectivity index (χ0) is 28.8. The first-order valence-electron chi connectivity index (χ1n) is 11.9. The topological polar surface area (TPSA) is 186 Å². The number of hydrogen-bond acceptors (Lipinski definition) is 9. The molecule has 0 saturated carbocycles. The van der Waals surface area contributed by atoms with Crippen LogP contribution in [0.1, 0.15) is 25.2 Å². The summed E-state index contributed by atoms with van der Waals surface area (Å²) in [4.78, 5) is 63.0. The molecule has 0 saturated heterocycles. The van der Waals surface area contributed by atoms with Crippen molar-refractivity contribution in [2.75, 3.05) is 0 Å². The molecular weight excluding hydrogens is 537 g/mol. The quantitative estimate of drug-likeness (QED) is 0.230. The Kier molecular flexibility index (Phi) is 6.65. The Morgan fingerprint density at radius 3 is 2.33 bits per heavy atom. The molecule has 14 heteroatoms. The van der Waals surface area contributed by atoms with Gasteiger partial charge in [-0.1, -0.05) is 12.1 Å². The van der Waals surface area contributed by atoms with Gasteiger partial charge in [0.1, 0.15) is 18.1 Å². The molecule has 2 N–H and O–H groups in total. The number of benzene rings is 1. The van der Waals surface area contributed by atoms with Gasteiger partial charge >= 0.3 is 13.5 Å². The molecule has 4 heterocycles. The van der Waals surface area contributed by atoms with Crippen LogP contribution in [-0.2, 0) is 21.2 Å². The molecule has 0 fully saturated rings. The van der Waals surface area contributed by atoms with Gasteiger partial charge < -0.3 is 9.79 Å². The van der Waals surface area contributed by atoms with Gasteiger partial charge in [-0.05, 0) is 50.6 Å². The fourth-order valence-corrected chi connectivity index (χ4v) is 4.41. The van der Waals surface area contributed by atoms with E-state index in [0.29, 0.717) is 38.4 Å². The Hall–Kier alpha value is -4.60. The third-order valence-electron chi connectivity index (χ3n) is 6.37. The third kappa shape index (κ3) is 4.92. The number of aromatic nitrogens is 6. The molecule has 0 spiro atoms. The number of hydrogen-bond donors (Lipinski definition) is 2. The molecule has 4 aromatic heterocycles. The largest absolute Gasteiger partial charge is 0.471 e. The van der Waals surface area contributed by atoms with E-state index in [2.05, 4.69) is 25.5 Å². The summed E-state index contributed by atoms with van der Waals surface area (Å²) in [7, 11) is -5.01. The molecule has 1 aromatic carbocycles. The van der Waals surface area contributed by atoms with Gasteiger partial charge in [0.15, 0.2) is 0 Å². The highest BCUT2D eigenvalue weighted by atomic mass is 31.2. The number of pyridine rings is 2. The number of nitrogens with zero attached hydrogens (tertiary/aromatic N) is 7. The summed E-state index contributed by atoms with van der Waals surface area (Å²) in [6, 6.07) is 12.2. The van der Waals surface area contributed by atoms with Crippen LogP contribution in [0, 0.1) is 18.3 Å². The molecule has 5 aromatic rings. The van der Waals surface area contributed by atoms with Crippen molar-refractivity contribution >= 4 is 29.8 Å². The lowest BCUT2D eigenvalue weighted by atomic mass is 9.86. The van der Waals surface area contributed by atoms with Gasteiger partial charge in [0.2, 0.25) is 0 Å². The minimum atomic E-state index is -5.01. The van der Waals surface area contributed by atoms with Gasteiger partial charge in [-0.25, -0.2) is 28.9 Å². The van der Waals surface area contributed by atoms with E-state index in [1.165, 1.54) is 10.8 Å². The summed E-state index contributed by atoms with van der Waals surface area (Å²) in [5.74, 6) is 0.576. The zero-order valence-electron chi connectivity index (χ0n) is 21.5. The zero-order valence-corrected chi connectivity index (χ0v) is 22.4. The molecule has 0 unspecified atom stereocenters. The van der Waals surface area contributed by atoms with E-state index in [0.717, 1.165) is 0 Å². The monoisotopic (exact) mass is 559 g/mol. The predicted molar refractivity (Wildman–Crippen MR) is 144 cm³/mol. The molecule has 0 atom stereocenters. The van der Waals surface area contributed by atoms with Crippen LogP contribution < -0.4 is 11.2 Å². The summed E-state index contributed by atoms with van der Waals surface area (Å²) >= 11 is 0. The smallest absolute Gasteiger partial charge is 0.303 e. The van der Waals surface area contributed by atoms with Crippen LogP contribution in [0.25, 0.3) is 38.9 Å². The highest BCUT2D eigenvalue weighted by molar-refractivity contribution is 7.46. The van der Waals surface area contributed by atoms with Gasteiger partial charge in [-0.15, -0.1) is 0 Å². The van der Waals surface area contributed by atoms with E-state index in [9.17, 15) is 29.2 Å². The Bertz CT molecular complexity index is 1990. The Morgan fingerprint density at radius 1 is 1.02 bits per heavy atom. The Balaban J connectivity index is 1.85. The molecule has 40 heavy (non-hydrogen) atoms. The highest BCUT2D eigenvalue weighted by Gasteiger charge is 2.23. The van der Waals surface area contributed by atoms with E-state index in [-0.39, 0.29) is 16.4 Å². The highest BCUT2D eigenvalue weighted by Crippen LogP contribution is 2.36. The molecule has 5 rings (SSSR count). The predicted octanol–water partition coefficient (Wildman–Crippen LogP) is 2.73. The molecule has 13 nitrogen and oxygen atoms in total. The number of rotatable bonds is 6. The molecule has 0 amide bonds. The second kappa shape index (κ2) is 9.86. The standard InChI is InChI=1S/C26H22N7O6P/c1-15-28-10-16(11-29-15)20-8-9-21-22(31-20)23-19(12-30-21)24(34)32(14-39-40(36,37)38)25(35)33(23)18-6-4-17(5-7-18)26(2,3)13-27/h4-12H,14H2,1-3H3,(H2,36,37,38). The van der Waals surface area contributed by atoms with Crippen molar-refractivity contribution in [1.29, 1.82) is 5.26 Å². The fraction of sp³-hybridized carbons (Fsp3) is 0.192. The number of fused-ring (bicyclic) bond motifs is 3. The SMILES string of the molecule is Cc1ncc(-c2ccc3ncc4c(=O)n(COP(=O)(O)O)c(=O)n(-c5ccc(C(C)(C)C#N)cc5)c4c3n2)cn1. The lowest BCUT2D eigenvalue weighted by Crippen LogP contribution is -2.40. The van der Waals surface area contributed by atoms with Crippen molar-refractivity contribution in [3.8, 4) is 23.0 Å². The fourth-order valence-electron chi connectivity index (χ4n) is 4.15. The van der Waals surface area contributed by atoms with Crippen LogP contribution in [0.15, 0.2) is 64.6 Å². The van der Waals surface area contributed by atoms with Gasteiger partial charge in [-0.3, -0.25) is 18.9 Å². The third-order valence-corrected chi connectivity index (χ3v) is 6.82. The first kappa shape index (κ1) is 27.0. The summed E-state index contributed by atoms with van der Waals surface area (Å²) < 4.78 is 17.6. The maximum absolute atomic E-state index is 13.8. The maximum Gasteiger partial charge on any atom is 0.471 e. The summed E-state index contributed by atoms with van der Waals surface area (Å²) in [6.45, 7) is 4.26. The van der Waals surface area contributed by atoms with Gasteiger partial charge in [-0.2, -0.15) is 5.26 Å². The van der Waals surface area contributed by atoms with Crippen molar-refractivity contribution < 1.29 is 18.9 Å². The van der Waals surface area contributed by atoms with Crippen molar-refractivity contribution in [3.05, 3.63) is 87.2 Å². The summed E-state index contributed by atoms with van der Waals surface area (Å²) in [5, 5.41) is 9.48. The normalized spacial score (nSPS) is 12.1. The molecular formula is C26H22N7O6P. The number of nitriles is 1. The van der Waals surface area contributed by atoms with Crippen molar-refractivity contribution in [2.45, 2.75) is 32.9 Å². The molecule has 0 radical (unpaired) electrons. The molecule has 0 aliphatic carbocycles. The van der Waals surface area contributed by atoms with Crippen molar-refractivity contribution in [3.63, 3.8) is 0 Å². The maximum atomic E-state index is 13.8. The van der Waals surface area contributed by atoms with Gasteiger partial charge in [0, 0.05) is 24.2 Å². The van der Waals surface area contributed by atoms with E-state index in [4.69, 9.17) is 4.98 Å². The van der Waals surface area contributed by atoms with E-state index >= 15 is 0 Å². The first-order chi connectivity index (χ1) is 18.9. The Labute approximate surface area is 226 Å². The number of aryl methyl sites for hydroxylation is 1.